The molecule has 0 radical (unpaired) electrons. The van der Waals surface area contributed by atoms with Gasteiger partial charge < -0.3 is 0 Å². The second-order valence-corrected chi connectivity index (χ2v) is 18.2. The summed E-state index contributed by atoms with van der Waals surface area (Å²) in [5, 5.41) is 2.51. The molecule has 0 amide bonds. The molecule has 0 spiro atoms. The van der Waals surface area contributed by atoms with Crippen molar-refractivity contribution in [1.29, 1.82) is 0 Å². The molecule has 0 N–H and O–H groups in total. The first-order chi connectivity index (χ1) is 23.2. The normalized spacial score (nSPS) is 21.0. The zero-order valence-corrected chi connectivity index (χ0v) is 32.6. The number of aromatic nitrogens is 1. The van der Waals surface area contributed by atoms with Crippen molar-refractivity contribution in [3.63, 3.8) is 0 Å². The van der Waals surface area contributed by atoms with E-state index in [4.69, 9.17) is 9.98 Å². The van der Waals surface area contributed by atoms with E-state index in [9.17, 15) is 0 Å². The zero-order valence-electron chi connectivity index (χ0n) is 32.6. The van der Waals surface area contributed by atoms with Gasteiger partial charge in [-0.1, -0.05) is 150 Å². The lowest BCUT2D eigenvalue weighted by molar-refractivity contribution is 0.125. The number of hydrogen-bond donors (Lipinski definition) is 0. The Hall–Kier alpha value is -4.24. The maximum Gasteiger partial charge on any atom is 0.235 e. The molecule has 50 heavy (non-hydrogen) atoms. The molecule has 2 aliphatic rings. The standard InChI is InChI=1S/C47H55N3/c1-29(31-21-17-15-18-22-31)48-41(49-30(2)32-23-19-16-20-24-32)50-39-27-37-35(42(3,4)46(11,12)44(37,7)8)25-33(39)34-26-36-38(28-40(34)50)45(9,10)47(13,14)43(36,5)6/h15-28H,1H2,2-14H3/b48-41?,49-30+. The van der Waals surface area contributed by atoms with Crippen molar-refractivity contribution in [3.05, 3.63) is 125 Å². The van der Waals surface area contributed by atoms with Crippen LogP contribution in [0.1, 0.15) is 123 Å². The van der Waals surface area contributed by atoms with Crippen molar-refractivity contribution in [3.8, 4) is 0 Å². The summed E-state index contributed by atoms with van der Waals surface area (Å²) in [4.78, 5) is 10.7. The van der Waals surface area contributed by atoms with Gasteiger partial charge in [0.2, 0.25) is 5.96 Å². The minimum atomic E-state index is -0.0504. The van der Waals surface area contributed by atoms with Gasteiger partial charge in [0.1, 0.15) is 0 Å². The second kappa shape index (κ2) is 10.6. The summed E-state index contributed by atoms with van der Waals surface area (Å²) in [6, 6.07) is 30.7. The molecule has 258 valence electrons. The van der Waals surface area contributed by atoms with Crippen LogP contribution in [0.5, 0.6) is 0 Å². The van der Waals surface area contributed by atoms with Gasteiger partial charge >= 0.3 is 0 Å². The van der Waals surface area contributed by atoms with E-state index in [0.29, 0.717) is 11.7 Å². The average Bonchev–Trinajstić information content (AvgIpc) is 3.47. The fraction of sp³-hybridized carbons (Fsp3) is 0.404. The summed E-state index contributed by atoms with van der Waals surface area (Å²) in [6.45, 7) is 35.7. The lowest BCUT2D eigenvalue weighted by atomic mass is 9.59. The van der Waals surface area contributed by atoms with Gasteiger partial charge in [0.25, 0.3) is 0 Å². The quantitative estimate of drug-likeness (QED) is 0.136. The van der Waals surface area contributed by atoms with Gasteiger partial charge in [-0.2, -0.15) is 0 Å². The van der Waals surface area contributed by atoms with E-state index in [0.717, 1.165) is 27.9 Å². The molecule has 1 heterocycles. The maximum absolute atomic E-state index is 5.40. The average molecular weight is 662 g/mol. The zero-order chi connectivity index (χ0) is 36.4. The molecule has 0 aliphatic heterocycles. The Morgan fingerprint density at radius 1 is 0.500 bits per heavy atom. The molecule has 1 aromatic heterocycles. The van der Waals surface area contributed by atoms with Crippen molar-refractivity contribution in [1.82, 2.24) is 4.57 Å². The molecule has 0 saturated heterocycles. The molecule has 0 saturated carbocycles. The largest absolute Gasteiger partial charge is 0.278 e. The summed E-state index contributed by atoms with van der Waals surface area (Å²) in [7, 11) is 0. The van der Waals surface area contributed by atoms with Gasteiger partial charge in [0, 0.05) is 16.5 Å². The van der Waals surface area contributed by atoms with E-state index in [-0.39, 0.29) is 32.5 Å². The van der Waals surface area contributed by atoms with Crippen LogP contribution in [-0.4, -0.2) is 16.2 Å². The molecule has 3 heteroatoms. The third-order valence-electron chi connectivity index (χ3n) is 15.0. The van der Waals surface area contributed by atoms with E-state index in [1.54, 1.807) is 0 Å². The monoisotopic (exact) mass is 661 g/mol. The molecule has 2 aliphatic carbocycles. The van der Waals surface area contributed by atoms with Crippen LogP contribution in [0.15, 0.2) is 101 Å². The lowest BCUT2D eigenvalue weighted by Crippen LogP contribution is -2.42. The van der Waals surface area contributed by atoms with Crippen LogP contribution in [0.2, 0.25) is 0 Å². The lowest BCUT2D eigenvalue weighted by Gasteiger charge is -2.44. The molecular weight excluding hydrogens is 607 g/mol. The Morgan fingerprint density at radius 2 is 0.860 bits per heavy atom. The fourth-order valence-electron chi connectivity index (χ4n) is 9.14. The smallest absolute Gasteiger partial charge is 0.235 e. The van der Waals surface area contributed by atoms with E-state index < -0.39 is 0 Å². The SMILES string of the molecule is C=C(N=C(/N=C(\C)c1ccccc1)n1c2cc3c(cc2c2cc4c(cc21)C(C)(C)C(C)(C)C4(C)C)C(C)(C)C(C)(C)C3(C)C)c1ccccc1. The molecule has 3 nitrogen and oxygen atoms in total. The molecule has 0 fully saturated rings. The van der Waals surface area contributed by atoms with Gasteiger partial charge in [-0.3, -0.25) is 4.57 Å². The van der Waals surface area contributed by atoms with Gasteiger partial charge in [-0.05, 0) is 97.1 Å². The molecular formula is C47H55N3. The summed E-state index contributed by atoms with van der Waals surface area (Å²) in [6.07, 6.45) is 0. The summed E-state index contributed by atoms with van der Waals surface area (Å²) in [5.41, 5.74) is 11.6. The number of nitrogens with zero attached hydrogens (tertiary/aromatic N) is 3. The highest BCUT2D eigenvalue weighted by Crippen LogP contribution is 2.64. The van der Waals surface area contributed by atoms with E-state index in [1.165, 1.54) is 33.0 Å². The maximum atomic E-state index is 5.40. The third kappa shape index (κ3) is 4.34. The molecule has 0 atom stereocenters. The van der Waals surface area contributed by atoms with Gasteiger partial charge in [-0.15, -0.1) is 0 Å². The second-order valence-electron chi connectivity index (χ2n) is 18.2. The van der Waals surface area contributed by atoms with E-state index >= 15 is 0 Å². The highest BCUT2D eigenvalue weighted by molar-refractivity contribution is 6.18. The highest BCUT2D eigenvalue weighted by Gasteiger charge is 2.58. The molecule has 0 bridgehead atoms. The van der Waals surface area contributed by atoms with Gasteiger partial charge in [-0.25, -0.2) is 9.98 Å². The Balaban J connectivity index is 1.64. The Bertz CT molecular complexity index is 2160. The predicted octanol–water partition coefficient (Wildman–Crippen LogP) is 12.4. The minimum absolute atomic E-state index is 0.0189. The van der Waals surface area contributed by atoms with Crippen LogP contribution in [0.25, 0.3) is 27.5 Å². The van der Waals surface area contributed by atoms with E-state index in [2.05, 4.69) is 162 Å². The molecule has 5 aromatic rings. The third-order valence-corrected chi connectivity index (χ3v) is 15.0. The Kier molecular flexibility index (Phi) is 7.28. The van der Waals surface area contributed by atoms with Gasteiger partial charge in [0.15, 0.2) is 0 Å². The fourth-order valence-corrected chi connectivity index (χ4v) is 9.14. The number of benzene rings is 4. The van der Waals surface area contributed by atoms with Gasteiger partial charge in [0.05, 0.1) is 16.7 Å². The first-order valence-electron chi connectivity index (χ1n) is 18.3. The molecule has 4 aromatic carbocycles. The van der Waals surface area contributed by atoms with Crippen LogP contribution in [0.4, 0.5) is 0 Å². The van der Waals surface area contributed by atoms with Crippen LogP contribution < -0.4 is 0 Å². The number of rotatable bonds is 3. The van der Waals surface area contributed by atoms with Crippen LogP contribution in [0, 0.1) is 10.8 Å². The van der Waals surface area contributed by atoms with Crippen molar-refractivity contribution in [2.45, 2.75) is 112 Å². The topological polar surface area (TPSA) is 29.6 Å². The Labute approximate surface area is 300 Å². The Morgan fingerprint density at radius 3 is 1.26 bits per heavy atom. The van der Waals surface area contributed by atoms with Crippen molar-refractivity contribution in [2.24, 2.45) is 20.8 Å². The van der Waals surface area contributed by atoms with E-state index in [1.807, 2.05) is 24.3 Å². The van der Waals surface area contributed by atoms with Crippen molar-refractivity contribution < 1.29 is 0 Å². The van der Waals surface area contributed by atoms with Crippen molar-refractivity contribution >= 4 is 39.2 Å². The van der Waals surface area contributed by atoms with Crippen LogP contribution in [0.3, 0.4) is 0 Å². The van der Waals surface area contributed by atoms with Crippen molar-refractivity contribution in [2.75, 3.05) is 0 Å². The summed E-state index contributed by atoms with van der Waals surface area (Å²) >= 11 is 0. The number of hydrogen-bond acceptors (Lipinski definition) is 1. The highest BCUT2D eigenvalue weighted by atomic mass is 15.2. The molecule has 0 unspecified atom stereocenters. The summed E-state index contributed by atoms with van der Waals surface area (Å²) in [5.74, 6) is 0.628. The first kappa shape index (κ1) is 34.2. The minimum Gasteiger partial charge on any atom is -0.278 e. The van der Waals surface area contributed by atoms with Crippen LogP contribution >= 0.6 is 0 Å². The number of fused-ring (bicyclic) bond motifs is 5. The van der Waals surface area contributed by atoms with Crippen LogP contribution in [-0.2, 0) is 21.7 Å². The predicted molar refractivity (Wildman–Crippen MR) is 216 cm³/mol. The first-order valence-corrected chi connectivity index (χ1v) is 18.3. The molecule has 7 rings (SSSR count). The number of aliphatic imine (C=N–C) groups is 2. The summed E-state index contributed by atoms with van der Waals surface area (Å²) < 4.78 is 2.34.